The molecule has 4 amide bonds. The molecular weight excluding hydrogens is 456 g/mol. The van der Waals surface area contributed by atoms with Gasteiger partial charge in [0.15, 0.2) is 5.16 Å². The number of anilines is 1. The Kier molecular flexibility index (Phi) is 7.43. The number of carbonyl (C=O) groups excluding carboxylic acids is 3. The Morgan fingerprint density at radius 1 is 1.15 bits per heavy atom. The van der Waals surface area contributed by atoms with Crippen LogP contribution in [0.25, 0.3) is 5.69 Å². The number of hydrogen-bond acceptors (Lipinski definition) is 7. The van der Waals surface area contributed by atoms with E-state index < -0.39 is 12.1 Å². The third-order valence-corrected chi connectivity index (χ3v) is 5.89. The molecule has 0 spiro atoms. The molecule has 176 valence electrons. The van der Waals surface area contributed by atoms with Crippen LogP contribution in [0.3, 0.4) is 0 Å². The number of imide groups is 1. The maximum absolute atomic E-state index is 12.6. The van der Waals surface area contributed by atoms with Gasteiger partial charge in [-0.1, -0.05) is 42.1 Å². The van der Waals surface area contributed by atoms with Crippen LogP contribution in [0.2, 0.25) is 0 Å². The summed E-state index contributed by atoms with van der Waals surface area (Å²) in [4.78, 5) is 36.1. The largest absolute Gasteiger partial charge is 0.492 e. The Hall–Kier alpha value is -3.86. The zero-order valence-electron chi connectivity index (χ0n) is 18.5. The number of nitrogens with one attached hydrogen (secondary N) is 3. The molecule has 1 fully saturated rings. The van der Waals surface area contributed by atoms with Crippen molar-refractivity contribution in [2.24, 2.45) is 0 Å². The lowest BCUT2D eigenvalue weighted by molar-refractivity contribution is -0.121. The molecule has 1 atom stereocenters. The van der Waals surface area contributed by atoms with Gasteiger partial charge in [0.05, 0.1) is 18.0 Å². The molecular formula is C23H24N6O4S. The highest BCUT2D eigenvalue weighted by molar-refractivity contribution is 7.99. The average Bonchev–Trinajstić information content (AvgIpc) is 3.21. The van der Waals surface area contributed by atoms with Gasteiger partial charge in [-0.15, -0.1) is 10.2 Å². The summed E-state index contributed by atoms with van der Waals surface area (Å²) in [7, 11) is 0. The van der Waals surface area contributed by atoms with Gasteiger partial charge in [0, 0.05) is 24.6 Å². The third-order valence-electron chi connectivity index (χ3n) is 4.96. The van der Waals surface area contributed by atoms with E-state index in [0.717, 1.165) is 5.69 Å². The number of thioether (sulfide) groups is 1. The van der Waals surface area contributed by atoms with E-state index in [1.54, 1.807) is 12.1 Å². The van der Waals surface area contributed by atoms with Crippen molar-refractivity contribution in [1.29, 1.82) is 0 Å². The van der Waals surface area contributed by atoms with E-state index in [4.69, 9.17) is 4.74 Å². The summed E-state index contributed by atoms with van der Waals surface area (Å²) in [5.74, 6) is 0.747. The van der Waals surface area contributed by atoms with Crippen molar-refractivity contribution < 1.29 is 19.1 Å². The van der Waals surface area contributed by atoms with Crippen molar-refractivity contribution >= 4 is 35.3 Å². The summed E-state index contributed by atoms with van der Waals surface area (Å²) in [5, 5.41) is 16.9. The molecule has 4 rings (SSSR count). The summed E-state index contributed by atoms with van der Waals surface area (Å²) >= 11 is 1.24. The van der Waals surface area contributed by atoms with Gasteiger partial charge in [-0.2, -0.15) is 0 Å². The van der Waals surface area contributed by atoms with Crippen molar-refractivity contribution in [3.8, 4) is 11.4 Å². The molecule has 34 heavy (non-hydrogen) atoms. The van der Waals surface area contributed by atoms with Crippen molar-refractivity contribution in [1.82, 2.24) is 25.4 Å². The molecule has 1 aliphatic heterocycles. The second kappa shape index (κ2) is 10.8. The second-order valence-corrected chi connectivity index (χ2v) is 8.41. The fourth-order valence-corrected chi connectivity index (χ4v) is 4.32. The van der Waals surface area contributed by atoms with Crippen molar-refractivity contribution in [3.63, 3.8) is 0 Å². The van der Waals surface area contributed by atoms with Gasteiger partial charge in [-0.05, 0) is 31.2 Å². The summed E-state index contributed by atoms with van der Waals surface area (Å²) in [6.45, 7) is 2.38. The number of benzene rings is 2. The molecule has 11 heteroatoms. The predicted molar refractivity (Wildman–Crippen MR) is 127 cm³/mol. The van der Waals surface area contributed by atoms with E-state index in [0.29, 0.717) is 35.4 Å². The average molecular weight is 481 g/mol. The van der Waals surface area contributed by atoms with Crippen LogP contribution in [0.15, 0.2) is 59.8 Å². The molecule has 0 radical (unpaired) electrons. The molecule has 1 saturated heterocycles. The molecule has 1 aliphatic rings. The molecule has 2 heterocycles. The number of rotatable bonds is 9. The number of amides is 4. The monoisotopic (exact) mass is 480 g/mol. The van der Waals surface area contributed by atoms with Gasteiger partial charge < -0.3 is 15.4 Å². The number of nitrogens with zero attached hydrogens (tertiary/aromatic N) is 3. The smallest absolute Gasteiger partial charge is 0.321 e. The minimum atomic E-state index is -0.523. The Morgan fingerprint density at radius 2 is 1.91 bits per heavy atom. The Bertz CT molecular complexity index is 1170. The topological polar surface area (TPSA) is 127 Å². The maximum atomic E-state index is 12.6. The zero-order chi connectivity index (χ0) is 23.9. The quantitative estimate of drug-likeness (QED) is 0.402. The number of urea groups is 1. The Morgan fingerprint density at radius 3 is 2.68 bits per heavy atom. The molecule has 0 aliphatic carbocycles. The highest BCUT2D eigenvalue weighted by Gasteiger charge is 2.27. The first kappa shape index (κ1) is 23.3. The van der Waals surface area contributed by atoms with E-state index in [9.17, 15) is 14.4 Å². The first-order chi connectivity index (χ1) is 16.5. The fraction of sp³-hybridized carbons (Fsp3) is 0.261. The number of aromatic nitrogens is 3. The van der Waals surface area contributed by atoms with E-state index in [1.807, 2.05) is 54.0 Å². The normalized spacial score (nSPS) is 15.4. The van der Waals surface area contributed by atoms with E-state index in [1.165, 1.54) is 11.8 Å². The van der Waals surface area contributed by atoms with Crippen LogP contribution < -0.4 is 20.7 Å². The summed E-state index contributed by atoms with van der Waals surface area (Å²) in [5.41, 5.74) is 1.42. The van der Waals surface area contributed by atoms with Gasteiger partial charge in [-0.25, -0.2) is 4.79 Å². The minimum absolute atomic E-state index is 0.105. The molecule has 0 saturated carbocycles. The predicted octanol–water partition coefficient (Wildman–Crippen LogP) is 2.54. The van der Waals surface area contributed by atoms with E-state index >= 15 is 0 Å². The molecule has 3 N–H and O–H groups in total. The number of ether oxygens (including phenoxy) is 1. The third kappa shape index (κ3) is 5.73. The molecule has 10 nitrogen and oxygen atoms in total. The lowest BCUT2D eigenvalue weighted by atomic mass is 10.1. The van der Waals surface area contributed by atoms with Gasteiger partial charge in [-0.3, -0.25) is 19.5 Å². The lowest BCUT2D eigenvalue weighted by Crippen LogP contribution is -2.53. The van der Waals surface area contributed by atoms with Crippen LogP contribution in [0.4, 0.5) is 10.5 Å². The lowest BCUT2D eigenvalue weighted by Gasteiger charge is -2.23. The first-order valence-electron chi connectivity index (χ1n) is 10.8. The second-order valence-electron chi connectivity index (χ2n) is 7.46. The van der Waals surface area contributed by atoms with Gasteiger partial charge in [0.1, 0.15) is 11.6 Å². The van der Waals surface area contributed by atoms with Gasteiger partial charge in [0.2, 0.25) is 11.8 Å². The van der Waals surface area contributed by atoms with Gasteiger partial charge >= 0.3 is 6.03 Å². The highest BCUT2D eigenvalue weighted by Crippen LogP contribution is 2.26. The molecule has 3 aromatic rings. The standard InChI is InChI=1S/C23H24N6O4S/c1-2-33-18-11-7-6-10-17(18)25-21(31)14-34-23-28-27-19(29(23)16-8-4-3-5-9-16)12-15-13-20(30)26-22(32)24-15/h3-11,15H,2,12-14H2,1H3,(H,25,31)(H2,24,26,30,32). The molecule has 1 aromatic heterocycles. The SMILES string of the molecule is CCOc1ccccc1NC(=O)CSc1nnc(CC2CC(=O)NC(=O)N2)n1-c1ccccc1. The van der Waals surface area contributed by atoms with Crippen LogP contribution in [0.5, 0.6) is 5.75 Å². The summed E-state index contributed by atoms with van der Waals surface area (Å²) in [6.07, 6.45) is 0.465. The van der Waals surface area contributed by atoms with Crippen molar-refractivity contribution in [2.45, 2.75) is 31.0 Å². The van der Waals surface area contributed by atoms with Crippen molar-refractivity contribution in [3.05, 3.63) is 60.4 Å². The molecule has 0 bridgehead atoms. The minimum Gasteiger partial charge on any atom is -0.492 e. The van der Waals surface area contributed by atoms with Crippen LogP contribution in [0.1, 0.15) is 19.2 Å². The number of hydrogen-bond donors (Lipinski definition) is 3. The molecule has 2 aromatic carbocycles. The van der Waals surface area contributed by atoms with Crippen LogP contribution >= 0.6 is 11.8 Å². The van der Waals surface area contributed by atoms with Crippen LogP contribution in [-0.4, -0.2) is 51.0 Å². The Labute approximate surface area is 200 Å². The number of para-hydroxylation sites is 3. The first-order valence-corrected chi connectivity index (χ1v) is 11.8. The summed E-state index contributed by atoms with van der Waals surface area (Å²) < 4.78 is 7.40. The molecule has 1 unspecified atom stereocenters. The Balaban J connectivity index is 1.50. The van der Waals surface area contributed by atoms with Crippen molar-refractivity contribution in [2.75, 3.05) is 17.7 Å². The highest BCUT2D eigenvalue weighted by atomic mass is 32.2. The summed E-state index contributed by atoms with van der Waals surface area (Å²) in [6, 6.07) is 15.8. The fourth-order valence-electron chi connectivity index (χ4n) is 3.55. The number of carbonyl (C=O) groups is 3. The maximum Gasteiger partial charge on any atom is 0.321 e. The van der Waals surface area contributed by atoms with Crippen LogP contribution in [-0.2, 0) is 16.0 Å². The van der Waals surface area contributed by atoms with E-state index in [-0.39, 0.29) is 24.0 Å². The van der Waals surface area contributed by atoms with Gasteiger partial charge in [0.25, 0.3) is 0 Å². The van der Waals surface area contributed by atoms with E-state index in [2.05, 4.69) is 26.1 Å². The van der Waals surface area contributed by atoms with Crippen LogP contribution in [0, 0.1) is 0 Å². The zero-order valence-corrected chi connectivity index (χ0v) is 19.3.